The van der Waals surface area contributed by atoms with Gasteiger partial charge in [0.05, 0.1) is 5.39 Å². The number of hydrogen-bond donors (Lipinski definition) is 1. The van der Waals surface area contributed by atoms with Gasteiger partial charge in [-0.25, -0.2) is 4.98 Å². The van der Waals surface area contributed by atoms with Crippen molar-refractivity contribution in [1.82, 2.24) is 15.3 Å². The maximum Gasteiger partial charge on any atom is 0.225 e. The first-order chi connectivity index (χ1) is 13.7. The van der Waals surface area contributed by atoms with E-state index in [-0.39, 0.29) is 0 Å². The smallest absolute Gasteiger partial charge is 0.225 e. The fraction of sp³-hybridized carbons (Fsp3) is 0.455. The molecule has 1 aliphatic carbocycles. The number of nitrogens with one attached hydrogen (secondary N) is 1. The highest BCUT2D eigenvalue weighted by Crippen LogP contribution is 2.43. The Morgan fingerprint density at radius 1 is 1.04 bits per heavy atom. The Balaban J connectivity index is 1.69. The molecular formula is C22H25ClN4S. The van der Waals surface area contributed by atoms with Crippen molar-refractivity contribution in [3.8, 4) is 11.1 Å². The molecule has 0 bridgehead atoms. The number of aryl methyl sites for hydroxylation is 3. The predicted octanol–water partition coefficient (Wildman–Crippen LogP) is 5.00. The molecule has 146 valence electrons. The number of anilines is 1. The zero-order valence-electron chi connectivity index (χ0n) is 16.2. The SMILES string of the molecule is Cc1sc2nc(Cl)nc(N3CCCNCC3)c2c1-c1ccc2c(c1)CCCC2. The summed E-state index contributed by atoms with van der Waals surface area (Å²) < 4.78 is 0. The summed E-state index contributed by atoms with van der Waals surface area (Å²) in [6.07, 6.45) is 6.12. The molecule has 0 spiro atoms. The molecule has 3 heterocycles. The van der Waals surface area contributed by atoms with Gasteiger partial charge in [-0.2, -0.15) is 4.98 Å². The molecule has 0 amide bonds. The summed E-state index contributed by atoms with van der Waals surface area (Å²) in [5, 5.41) is 5.00. The van der Waals surface area contributed by atoms with E-state index in [9.17, 15) is 0 Å². The fourth-order valence-corrected chi connectivity index (χ4v) is 5.85. The minimum absolute atomic E-state index is 0.345. The summed E-state index contributed by atoms with van der Waals surface area (Å²) in [5.41, 5.74) is 5.62. The van der Waals surface area contributed by atoms with Gasteiger partial charge in [0.25, 0.3) is 0 Å². The number of thiophene rings is 1. The second-order valence-corrected chi connectivity index (χ2v) is 9.35. The number of hydrogen-bond acceptors (Lipinski definition) is 5. The van der Waals surface area contributed by atoms with E-state index in [0.717, 1.165) is 43.2 Å². The van der Waals surface area contributed by atoms with E-state index >= 15 is 0 Å². The quantitative estimate of drug-likeness (QED) is 0.601. The van der Waals surface area contributed by atoms with E-state index in [1.54, 1.807) is 11.3 Å². The van der Waals surface area contributed by atoms with E-state index < -0.39 is 0 Å². The number of benzene rings is 1. The summed E-state index contributed by atoms with van der Waals surface area (Å²) >= 11 is 8.06. The Morgan fingerprint density at radius 2 is 1.89 bits per heavy atom. The highest BCUT2D eigenvalue weighted by molar-refractivity contribution is 7.19. The number of nitrogens with zero attached hydrogens (tertiary/aromatic N) is 3. The van der Waals surface area contributed by atoms with Crippen molar-refractivity contribution in [2.75, 3.05) is 31.1 Å². The Morgan fingerprint density at radius 3 is 2.79 bits per heavy atom. The number of fused-ring (bicyclic) bond motifs is 2. The average Bonchev–Trinajstić information content (AvgIpc) is 2.86. The fourth-order valence-electron chi connectivity index (χ4n) is 4.59. The third kappa shape index (κ3) is 3.30. The van der Waals surface area contributed by atoms with Crippen molar-refractivity contribution >= 4 is 39.0 Å². The highest BCUT2D eigenvalue weighted by Gasteiger charge is 2.23. The van der Waals surface area contributed by atoms with E-state index in [0.29, 0.717) is 5.28 Å². The van der Waals surface area contributed by atoms with Crippen LogP contribution in [0.15, 0.2) is 18.2 Å². The molecule has 3 aromatic rings. The molecule has 1 saturated heterocycles. The van der Waals surface area contributed by atoms with Crippen LogP contribution < -0.4 is 10.2 Å². The maximum atomic E-state index is 6.33. The molecule has 1 aromatic carbocycles. The molecule has 2 aliphatic rings. The van der Waals surface area contributed by atoms with Crippen molar-refractivity contribution < 1.29 is 0 Å². The van der Waals surface area contributed by atoms with E-state index in [1.165, 1.54) is 58.2 Å². The molecule has 1 N–H and O–H groups in total. The third-order valence-corrected chi connectivity index (χ3v) is 7.13. The Bertz CT molecular complexity index is 1020. The zero-order valence-corrected chi connectivity index (χ0v) is 17.8. The van der Waals surface area contributed by atoms with Crippen molar-refractivity contribution in [2.45, 2.75) is 39.0 Å². The molecule has 0 saturated carbocycles. The monoisotopic (exact) mass is 412 g/mol. The van der Waals surface area contributed by atoms with Crippen LogP contribution >= 0.6 is 22.9 Å². The lowest BCUT2D eigenvalue weighted by molar-refractivity contribution is 0.686. The van der Waals surface area contributed by atoms with Gasteiger partial charge in [-0.15, -0.1) is 11.3 Å². The zero-order chi connectivity index (χ0) is 19.1. The molecule has 0 radical (unpaired) electrons. The van der Waals surface area contributed by atoms with Gasteiger partial charge in [0.2, 0.25) is 5.28 Å². The summed E-state index contributed by atoms with van der Waals surface area (Å²) in [6, 6.07) is 7.03. The van der Waals surface area contributed by atoms with Crippen LogP contribution in [0.4, 0.5) is 5.82 Å². The van der Waals surface area contributed by atoms with Gasteiger partial charge >= 0.3 is 0 Å². The van der Waals surface area contributed by atoms with Crippen LogP contribution in [-0.4, -0.2) is 36.1 Å². The standard InChI is InChI=1S/C22H25ClN4S/c1-14-18(17-8-7-15-5-2-3-6-16(15)13-17)19-20(25-22(23)26-21(19)28-14)27-11-4-9-24-10-12-27/h7-8,13,24H,2-6,9-12H2,1H3. The lowest BCUT2D eigenvalue weighted by atomic mass is 9.89. The van der Waals surface area contributed by atoms with Gasteiger partial charge in [-0.05, 0) is 73.9 Å². The lowest BCUT2D eigenvalue weighted by Crippen LogP contribution is -2.28. The Labute approximate surface area is 175 Å². The van der Waals surface area contributed by atoms with Crippen molar-refractivity contribution in [3.63, 3.8) is 0 Å². The van der Waals surface area contributed by atoms with Crippen LogP contribution in [0.25, 0.3) is 21.3 Å². The molecule has 6 heteroatoms. The number of halogens is 1. The highest BCUT2D eigenvalue weighted by atomic mass is 35.5. The number of aromatic nitrogens is 2. The first-order valence-electron chi connectivity index (χ1n) is 10.2. The summed E-state index contributed by atoms with van der Waals surface area (Å²) in [5.74, 6) is 0.996. The van der Waals surface area contributed by atoms with E-state index in [2.05, 4.69) is 40.3 Å². The largest absolute Gasteiger partial charge is 0.355 e. The molecular weight excluding hydrogens is 388 g/mol. The molecule has 0 unspecified atom stereocenters. The van der Waals surface area contributed by atoms with Crippen LogP contribution in [0.3, 0.4) is 0 Å². The predicted molar refractivity (Wildman–Crippen MR) is 119 cm³/mol. The minimum atomic E-state index is 0.345. The molecule has 4 nitrogen and oxygen atoms in total. The van der Waals surface area contributed by atoms with Crippen molar-refractivity contribution in [3.05, 3.63) is 39.5 Å². The topological polar surface area (TPSA) is 41.1 Å². The summed E-state index contributed by atoms with van der Waals surface area (Å²) in [4.78, 5) is 14.0. The molecule has 1 aliphatic heterocycles. The molecule has 2 aromatic heterocycles. The van der Waals surface area contributed by atoms with Crippen LogP contribution in [0, 0.1) is 6.92 Å². The van der Waals surface area contributed by atoms with Gasteiger partial charge in [-0.3, -0.25) is 0 Å². The van der Waals surface area contributed by atoms with Crippen LogP contribution in [0.2, 0.25) is 5.28 Å². The van der Waals surface area contributed by atoms with Gasteiger partial charge < -0.3 is 10.2 Å². The molecule has 1 fully saturated rings. The van der Waals surface area contributed by atoms with Gasteiger partial charge in [0.1, 0.15) is 10.6 Å². The van der Waals surface area contributed by atoms with Crippen LogP contribution in [0.5, 0.6) is 0 Å². The van der Waals surface area contributed by atoms with E-state index in [1.807, 2.05) is 0 Å². The second kappa shape index (κ2) is 7.62. The van der Waals surface area contributed by atoms with Crippen molar-refractivity contribution in [1.29, 1.82) is 0 Å². The van der Waals surface area contributed by atoms with Gasteiger partial charge in [0.15, 0.2) is 0 Å². The molecule has 5 rings (SSSR count). The summed E-state index contributed by atoms with van der Waals surface area (Å²) in [6.45, 7) is 6.16. The molecule has 28 heavy (non-hydrogen) atoms. The first kappa shape index (κ1) is 18.3. The van der Waals surface area contributed by atoms with Crippen LogP contribution in [-0.2, 0) is 12.8 Å². The maximum absolute atomic E-state index is 6.33. The first-order valence-corrected chi connectivity index (χ1v) is 11.4. The lowest BCUT2D eigenvalue weighted by Gasteiger charge is -2.23. The summed E-state index contributed by atoms with van der Waals surface area (Å²) in [7, 11) is 0. The minimum Gasteiger partial charge on any atom is -0.355 e. The second-order valence-electron chi connectivity index (χ2n) is 7.81. The van der Waals surface area contributed by atoms with Gasteiger partial charge in [-0.1, -0.05) is 18.2 Å². The average molecular weight is 413 g/mol. The molecule has 0 atom stereocenters. The van der Waals surface area contributed by atoms with E-state index in [4.69, 9.17) is 16.6 Å². The Kier molecular flexibility index (Phi) is 4.99. The third-order valence-electron chi connectivity index (χ3n) is 5.96. The van der Waals surface area contributed by atoms with Crippen LogP contribution in [0.1, 0.15) is 35.3 Å². The van der Waals surface area contributed by atoms with Gasteiger partial charge in [0, 0.05) is 30.1 Å². The Hall–Kier alpha value is -1.69. The number of rotatable bonds is 2. The van der Waals surface area contributed by atoms with Crippen molar-refractivity contribution in [2.24, 2.45) is 0 Å². The normalized spacial score (nSPS) is 17.6.